The molecule has 0 aromatic heterocycles. The molecular weight excluding hydrogens is 367 g/mol. The van der Waals surface area contributed by atoms with E-state index in [1.165, 1.54) is 5.56 Å². The van der Waals surface area contributed by atoms with Crippen molar-refractivity contribution < 1.29 is 14.3 Å². The first-order chi connectivity index (χ1) is 14.0. The monoisotopic (exact) mass is 396 g/mol. The number of hydrogen-bond acceptors (Lipinski definition) is 3. The first kappa shape index (κ1) is 19.9. The Morgan fingerprint density at radius 1 is 1.03 bits per heavy atom. The molecule has 2 saturated heterocycles. The number of aromatic hydroxyl groups is 1. The Morgan fingerprint density at radius 2 is 1.76 bits per heavy atom. The summed E-state index contributed by atoms with van der Waals surface area (Å²) in [4.78, 5) is 16.9. The van der Waals surface area contributed by atoms with Crippen molar-refractivity contribution in [1.29, 1.82) is 0 Å². The third-order valence-corrected chi connectivity index (χ3v) is 6.33. The number of piperidine rings is 1. The summed E-state index contributed by atoms with van der Waals surface area (Å²) in [5, 5.41) is 9.44. The molecule has 0 bridgehead atoms. The normalized spacial score (nSPS) is 25.5. The van der Waals surface area contributed by atoms with Crippen LogP contribution in [-0.2, 0) is 11.3 Å². The van der Waals surface area contributed by atoms with Crippen molar-refractivity contribution in [3.8, 4) is 5.75 Å². The van der Waals surface area contributed by atoms with Crippen molar-refractivity contribution in [2.75, 3.05) is 26.2 Å². The van der Waals surface area contributed by atoms with Gasteiger partial charge in [0.1, 0.15) is 11.9 Å². The Kier molecular flexibility index (Phi) is 5.86. The predicted molar refractivity (Wildman–Crippen MR) is 112 cm³/mol. The van der Waals surface area contributed by atoms with E-state index in [2.05, 4.69) is 36.1 Å². The lowest BCUT2D eigenvalue weighted by molar-refractivity contribution is -0.132. The number of hydrogen-bond donors (Lipinski definition) is 1. The molecule has 2 heterocycles. The number of phenols is 1. The molecule has 2 aliphatic rings. The molecule has 1 unspecified atom stereocenters. The first-order valence-electron chi connectivity index (χ1n) is 10.5. The van der Waals surface area contributed by atoms with Crippen LogP contribution >= 0.6 is 0 Å². The van der Waals surface area contributed by atoms with Gasteiger partial charge in [-0.3, -0.25) is 9.69 Å². The van der Waals surface area contributed by atoms with Gasteiger partial charge in [0.2, 0.25) is 5.91 Å². The molecule has 0 saturated carbocycles. The molecule has 2 aliphatic heterocycles. The number of likely N-dealkylation sites (tertiary alicyclic amines) is 2. The highest BCUT2D eigenvalue weighted by atomic mass is 19.1. The second-order valence-electron chi connectivity index (χ2n) is 8.49. The lowest BCUT2D eigenvalue weighted by Crippen LogP contribution is -2.44. The van der Waals surface area contributed by atoms with Crippen LogP contribution in [0.15, 0.2) is 48.5 Å². The molecule has 4 rings (SSSR count). The Hall–Kier alpha value is -2.40. The average molecular weight is 397 g/mol. The molecule has 2 aromatic carbocycles. The maximum Gasteiger partial charge on any atom is 0.227 e. The van der Waals surface area contributed by atoms with E-state index in [1.54, 1.807) is 12.1 Å². The van der Waals surface area contributed by atoms with Crippen molar-refractivity contribution in [3.05, 3.63) is 65.2 Å². The van der Waals surface area contributed by atoms with E-state index in [1.807, 2.05) is 17.0 Å². The summed E-state index contributed by atoms with van der Waals surface area (Å²) in [6, 6.07) is 15.2. The minimum absolute atomic E-state index is 0.0297. The average Bonchev–Trinajstić information content (AvgIpc) is 3.04. The van der Waals surface area contributed by atoms with Gasteiger partial charge in [-0.2, -0.15) is 0 Å². The van der Waals surface area contributed by atoms with Gasteiger partial charge in [0.15, 0.2) is 0 Å². The third-order valence-electron chi connectivity index (χ3n) is 6.33. The van der Waals surface area contributed by atoms with Crippen molar-refractivity contribution in [2.24, 2.45) is 5.92 Å². The fraction of sp³-hybridized carbons (Fsp3) is 0.458. The zero-order valence-corrected chi connectivity index (χ0v) is 16.9. The third kappa shape index (κ3) is 4.61. The van der Waals surface area contributed by atoms with Crippen molar-refractivity contribution in [3.63, 3.8) is 0 Å². The molecule has 154 valence electrons. The van der Waals surface area contributed by atoms with Gasteiger partial charge in [-0.1, -0.05) is 42.0 Å². The summed E-state index contributed by atoms with van der Waals surface area (Å²) in [5.41, 5.74) is 3.31. The summed E-state index contributed by atoms with van der Waals surface area (Å²) in [7, 11) is 0. The van der Waals surface area contributed by atoms with Gasteiger partial charge < -0.3 is 10.0 Å². The van der Waals surface area contributed by atoms with Gasteiger partial charge in [-0.15, -0.1) is 0 Å². The van der Waals surface area contributed by atoms with Crippen LogP contribution in [0.3, 0.4) is 0 Å². The maximum absolute atomic E-state index is 14.9. The Bertz CT molecular complexity index is 837. The fourth-order valence-corrected chi connectivity index (χ4v) is 4.59. The highest BCUT2D eigenvalue weighted by molar-refractivity contribution is 5.81. The topological polar surface area (TPSA) is 43.8 Å². The second kappa shape index (κ2) is 8.54. The summed E-state index contributed by atoms with van der Waals surface area (Å²) < 4.78 is 14.9. The van der Waals surface area contributed by atoms with E-state index in [4.69, 9.17) is 0 Å². The van der Waals surface area contributed by atoms with Crippen LogP contribution < -0.4 is 0 Å². The van der Waals surface area contributed by atoms with E-state index >= 15 is 0 Å². The lowest BCUT2D eigenvalue weighted by Gasteiger charge is -2.36. The Morgan fingerprint density at radius 3 is 2.45 bits per heavy atom. The minimum Gasteiger partial charge on any atom is -0.508 e. The zero-order chi connectivity index (χ0) is 20.4. The van der Waals surface area contributed by atoms with Gasteiger partial charge in [-0.25, -0.2) is 4.39 Å². The second-order valence-corrected chi connectivity index (χ2v) is 8.49. The highest BCUT2D eigenvalue weighted by Crippen LogP contribution is 2.32. The number of benzene rings is 2. The molecular formula is C24H29FN2O2. The molecule has 29 heavy (non-hydrogen) atoms. The lowest BCUT2D eigenvalue weighted by atomic mass is 9.87. The molecule has 0 spiro atoms. The van der Waals surface area contributed by atoms with Crippen LogP contribution in [0.2, 0.25) is 0 Å². The number of carbonyl (C=O) groups excluding carboxylic acids is 1. The van der Waals surface area contributed by atoms with Crippen LogP contribution in [0.5, 0.6) is 5.75 Å². The molecule has 1 N–H and O–H groups in total. The number of amides is 1. The van der Waals surface area contributed by atoms with Crippen LogP contribution in [0.1, 0.15) is 35.4 Å². The number of phenolic OH excluding ortho intramolecular Hbond substituents is 1. The number of carbonyl (C=O) groups is 1. The van der Waals surface area contributed by atoms with E-state index in [-0.39, 0.29) is 23.5 Å². The largest absolute Gasteiger partial charge is 0.508 e. The molecule has 4 nitrogen and oxygen atoms in total. The van der Waals surface area contributed by atoms with E-state index in [9.17, 15) is 14.3 Å². The van der Waals surface area contributed by atoms with Gasteiger partial charge in [0.05, 0.1) is 5.92 Å². The maximum atomic E-state index is 14.9. The molecule has 3 atom stereocenters. The van der Waals surface area contributed by atoms with Crippen molar-refractivity contribution >= 4 is 5.91 Å². The van der Waals surface area contributed by atoms with Crippen molar-refractivity contribution in [2.45, 2.75) is 38.4 Å². The number of halogens is 1. The van der Waals surface area contributed by atoms with E-state index < -0.39 is 6.17 Å². The smallest absolute Gasteiger partial charge is 0.227 e. The number of aryl methyl sites for hydroxylation is 1. The number of alkyl halides is 1. The van der Waals surface area contributed by atoms with Crippen LogP contribution in [0, 0.1) is 12.8 Å². The highest BCUT2D eigenvalue weighted by Gasteiger charge is 2.36. The fourth-order valence-electron chi connectivity index (χ4n) is 4.59. The van der Waals surface area contributed by atoms with Gasteiger partial charge in [0, 0.05) is 32.1 Å². The number of rotatable bonds is 5. The van der Waals surface area contributed by atoms with Gasteiger partial charge >= 0.3 is 0 Å². The summed E-state index contributed by atoms with van der Waals surface area (Å²) in [6.07, 6.45) is 0.632. The van der Waals surface area contributed by atoms with Crippen LogP contribution in [0.25, 0.3) is 0 Å². The summed E-state index contributed by atoms with van der Waals surface area (Å²) in [5.74, 6) is 0.236. The molecule has 0 aliphatic carbocycles. The van der Waals surface area contributed by atoms with Gasteiger partial charge in [-0.05, 0) is 49.6 Å². The van der Waals surface area contributed by atoms with Crippen LogP contribution in [-0.4, -0.2) is 53.2 Å². The quantitative estimate of drug-likeness (QED) is 0.834. The zero-order valence-electron chi connectivity index (χ0n) is 16.9. The predicted octanol–water partition coefficient (Wildman–Crippen LogP) is 3.88. The van der Waals surface area contributed by atoms with Crippen molar-refractivity contribution in [1.82, 2.24) is 9.80 Å². The van der Waals surface area contributed by atoms with Gasteiger partial charge in [0.25, 0.3) is 0 Å². The van der Waals surface area contributed by atoms with E-state index in [0.717, 1.165) is 37.1 Å². The molecule has 2 aromatic rings. The Balaban J connectivity index is 1.30. The SMILES string of the molecule is Cc1ccc(CN2CCC(CN3CC[C@@H](c4ccc(O)cc4)[C@H](F)C3)C2=O)cc1. The summed E-state index contributed by atoms with van der Waals surface area (Å²) in [6.45, 7) is 5.31. The molecule has 5 heteroatoms. The first-order valence-corrected chi connectivity index (χ1v) is 10.5. The number of nitrogens with zero attached hydrogens (tertiary/aromatic N) is 2. The molecule has 2 fully saturated rings. The Labute approximate surface area is 171 Å². The minimum atomic E-state index is -0.951. The molecule has 1 amide bonds. The summed E-state index contributed by atoms with van der Waals surface area (Å²) >= 11 is 0. The van der Waals surface area contributed by atoms with Crippen LogP contribution in [0.4, 0.5) is 4.39 Å². The standard InChI is InChI=1S/C24H29FN2O2/c1-17-2-4-18(5-3-17)14-27-13-10-20(24(27)29)15-26-12-11-22(23(25)16-26)19-6-8-21(28)9-7-19/h2-9,20,22-23,28H,10-16H2,1H3/t20?,22-,23+/m0/s1. The van der Waals surface area contributed by atoms with E-state index in [0.29, 0.717) is 19.6 Å². The molecule has 0 radical (unpaired) electrons.